The Hall–Kier alpha value is -2.28. The smallest absolute Gasteiger partial charge is 0.306 e. The lowest BCUT2D eigenvalue weighted by Crippen LogP contribution is -2.51. The Bertz CT molecular complexity index is 872. The summed E-state index contributed by atoms with van der Waals surface area (Å²) >= 11 is 5.92. The minimum absolute atomic E-state index is 0.175. The molecule has 6 nitrogen and oxygen atoms in total. The largest absolute Gasteiger partial charge is 0.493 e. The van der Waals surface area contributed by atoms with E-state index in [1.165, 1.54) is 0 Å². The van der Waals surface area contributed by atoms with Gasteiger partial charge >= 0.3 is 5.97 Å². The third kappa shape index (κ3) is 5.14. The number of hydrogen-bond acceptors (Lipinski definition) is 6. The molecular formula is C24H27ClO6. The maximum atomic E-state index is 12.0. The molecule has 0 amide bonds. The van der Waals surface area contributed by atoms with Gasteiger partial charge in [-0.1, -0.05) is 23.7 Å². The number of rotatable bonds is 10. The highest BCUT2D eigenvalue weighted by atomic mass is 35.5. The van der Waals surface area contributed by atoms with Gasteiger partial charge in [0.05, 0.1) is 50.3 Å². The van der Waals surface area contributed by atoms with Gasteiger partial charge in [-0.15, -0.1) is 0 Å². The van der Waals surface area contributed by atoms with Crippen molar-refractivity contribution >= 4 is 17.6 Å². The lowest BCUT2D eigenvalue weighted by molar-refractivity contribution is -0.151. The second kappa shape index (κ2) is 9.47. The number of benzene rings is 2. The molecule has 0 unspecified atom stereocenters. The molecule has 0 radical (unpaired) electrons. The molecule has 0 aliphatic carbocycles. The van der Waals surface area contributed by atoms with Gasteiger partial charge in [0, 0.05) is 5.02 Å². The molecular weight excluding hydrogens is 420 g/mol. The molecule has 2 fully saturated rings. The molecule has 0 aromatic heterocycles. The van der Waals surface area contributed by atoms with Crippen molar-refractivity contribution in [2.45, 2.75) is 18.8 Å². The van der Waals surface area contributed by atoms with E-state index in [4.69, 9.17) is 35.3 Å². The summed E-state index contributed by atoms with van der Waals surface area (Å²) in [5.41, 5.74) is 0.581. The summed E-state index contributed by atoms with van der Waals surface area (Å²) in [6.45, 7) is 5.44. The van der Waals surface area contributed by atoms with Gasteiger partial charge in [0.15, 0.2) is 0 Å². The minimum atomic E-state index is -0.305. The number of hydrogen-bond donors (Lipinski definition) is 0. The van der Waals surface area contributed by atoms with E-state index >= 15 is 0 Å². The molecule has 2 aliphatic rings. The number of ether oxygens (including phenoxy) is 5. The molecule has 2 aromatic carbocycles. The molecule has 4 rings (SSSR count). The Morgan fingerprint density at radius 1 is 0.903 bits per heavy atom. The highest BCUT2D eigenvalue weighted by molar-refractivity contribution is 6.30. The van der Waals surface area contributed by atoms with Gasteiger partial charge in [0.2, 0.25) is 0 Å². The van der Waals surface area contributed by atoms with Crippen LogP contribution in [0.1, 0.15) is 18.9 Å². The predicted octanol–water partition coefficient (Wildman–Crippen LogP) is 4.04. The summed E-state index contributed by atoms with van der Waals surface area (Å²) in [6, 6.07) is 15.2. The number of carbonyl (C=O) groups is 1. The Labute approximate surface area is 187 Å². The molecule has 0 N–H and O–H groups in total. The molecule has 0 atom stereocenters. The van der Waals surface area contributed by atoms with E-state index in [2.05, 4.69) is 0 Å². The molecule has 2 saturated heterocycles. The number of halogens is 1. The van der Waals surface area contributed by atoms with Gasteiger partial charge in [-0.3, -0.25) is 4.79 Å². The van der Waals surface area contributed by atoms with Crippen LogP contribution in [0.25, 0.3) is 0 Å². The summed E-state index contributed by atoms with van der Waals surface area (Å²) in [5.74, 6) is 1.35. The zero-order chi connectivity index (χ0) is 21.7. The number of esters is 1. The summed E-state index contributed by atoms with van der Waals surface area (Å²) < 4.78 is 28.0. The van der Waals surface area contributed by atoms with Crippen molar-refractivity contribution in [3.63, 3.8) is 0 Å². The second-order valence-corrected chi connectivity index (χ2v) is 8.74. The standard InChI is InChI=1S/C24H27ClO6/c1-2-29-22(26)11-24(16-28-17-24)18-3-7-20(8-4-18)30-14-23(12-27-13-23)15-31-21-9-5-19(25)6-10-21/h3-10H,2,11-17H2,1H3. The van der Waals surface area contributed by atoms with Gasteiger partial charge in [-0.25, -0.2) is 0 Å². The zero-order valence-corrected chi connectivity index (χ0v) is 18.4. The quantitative estimate of drug-likeness (QED) is 0.513. The SMILES string of the molecule is CCOC(=O)CC1(c2ccc(OCC3(COc4ccc(Cl)cc4)COC3)cc2)COC1. The van der Waals surface area contributed by atoms with E-state index in [-0.39, 0.29) is 16.8 Å². The van der Waals surface area contributed by atoms with Crippen LogP contribution in [0.5, 0.6) is 11.5 Å². The van der Waals surface area contributed by atoms with Crippen LogP contribution in [-0.4, -0.2) is 52.2 Å². The first-order valence-corrected chi connectivity index (χ1v) is 10.8. The van der Waals surface area contributed by atoms with Crippen LogP contribution in [0.15, 0.2) is 48.5 Å². The van der Waals surface area contributed by atoms with Crippen molar-refractivity contribution < 1.29 is 28.5 Å². The van der Waals surface area contributed by atoms with Gasteiger partial charge < -0.3 is 23.7 Å². The molecule has 2 aromatic rings. The van der Waals surface area contributed by atoms with E-state index in [9.17, 15) is 4.79 Å². The molecule has 2 heterocycles. The van der Waals surface area contributed by atoms with Crippen molar-refractivity contribution in [3.8, 4) is 11.5 Å². The van der Waals surface area contributed by atoms with E-state index < -0.39 is 0 Å². The van der Waals surface area contributed by atoms with Crippen LogP contribution in [0.3, 0.4) is 0 Å². The van der Waals surface area contributed by atoms with Crippen molar-refractivity contribution in [2.24, 2.45) is 5.41 Å². The normalized spacial score (nSPS) is 18.4. The van der Waals surface area contributed by atoms with Crippen LogP contribution in [-0.2, 0) is 24.4 Å². The molecule has 7 heteroatoms. The first kappa shape index (κ1) is 21.9. The van der Waals surface area contributed by atoms with Crippen LogP contribution in [0.2, 0.25) is 5.02 Å². The highest BCUT2D eigenvalue weighted by Crippen LogP contribution is 2.37. The summed E-state index contributed by atoms with van der Waals surface area (Å²) in [6.07, 6.45) is 0.323. The van der Waals surface area contributed by atoms with Crippen LogP contribution in [0.4, 0.5) is 0 Å². The van der Waals surface area contributed by atoms with Crippen molar-refractivity contribution in [1.82, 2.24) is 0 Å². The number of carbonyl (C=O) groups excluding carboxylic acids is 1. The predicted molar refractivity (Wildman–Crippen MR) is 116 cm³/mol. The molecule has 31 heavy (non-hydrogen) atoms. The Kier molecular flexibility index (Phi) is 6.70. The van der Waals surface area contributed by atoms with Crippen LogP contribution < -0.4 is 9.47 Å². The van der Waals surface area contributed by atoms with Crippen molar-refractivity contribution in [1.29, 1.82) is 0 Å². The van der Waals surface area contributed by atoms with E-state index in [0.29, 0.717) is 57.7 Å². The fourth-order valence-corrected chi connectivity index (χ4v) is 3.84. The average molecular weight is 447 g/mol. The monoisotopic (exact) mass is 446 g/mol. The molecule has 2 aliphatic heterocycles. The third-order valence-electron chi connectivity index (χ3n) is 5.73. The van der Waals surface area contributed by atoms with E-state index in [1.54, 1.807) is 12.1 Å². The maximum Gasteiger partial charge on any atom is 0.306 e. The lowest BCUT2D eigenvalue weighted by atomic mass is 9.76. The lowest BCUT2D eigenvalue weighted by Gasteiger charge is -2.41. The third-order valence-corrected chi connectivity index (χ3v) is 5.98. The van der Waals surface area contributed by atoms with Crippen molar-refractivity contribution in [2.75, 3.05) is 46.2 Å². The molecule has 0 spiro atoms. The van der Waals surface area contributed by atoms with Gasteiger partial charge in [0.25, 0.3) is 0 Å². The zero-order valence-electron chi connectivity index (χ0n) is 17.6. The maximum absolute atomic E-state index is 12.0. The van der Waals surface area contributed by atoms with Crippen molar-refractivity contribution in [3.05, 3.63) is 59.1 Å². The van der Waals surface area contributed by atoms with Gasteiger partial charge in [0.1, 0.15) is 24.7 Å². The van der Waals surface area contributed by atoms with Crippen LogP contribution in [0, 0.1) is 5.41 Å². The topological polar surface area (TPSA) is 63.2 Å². The molecule has 166 valence electrons. The summed E-state index contributed by atoms with van der Waals surface area (Å²) in [7, 11) is 0. The summed E-state index contributed by atoms with van der Waals surface area (Å²) in [5, 5.41) is 0.679. The second-order valence-electron chi connectivity index (χ2n) is 8.30. The Morgan fingerprint density at radius 2 is 1.45 bits per heavy atom. The molecule has 0 saturated carbocycles. The first-order valence-electron chi connectivity index (χ1n) is 10.5. The highest BCUT2D eigenvalue weighted by Gasteiger charge is 2.43. The fraction of sp³-hybridized carbons (Fsp3) is 0.458. The average Bonchev–Trinajstić information content (AvgIpc) is 2.72. The van der Waals surface area contributed by atoms with E-state index in [1.807, 2.05) is 43.3 Å². The van der Waals surface area contributed by atoms with Gasteiger partial charge in [-0.2, -0.15) is 0 Å². The summed E-state index contributed by atoms with van der Waals surface area (Å²) in [4.78, 5) is 12.0. The van der Waals surface area contributed by atoms with E-state index in [0.717, 1.165) is 17.1 Å². The van der Waals surface area contributed by atoms with Crippen LogP contribution >= 0.6 is 11.6 Å². The Morgan fingerprint density at radius 3 is 1.90 bits per heavy atom. The van der Waals surface area contributed by atoms with Gasteiger partial charge in [-0.05, 0) is 48.9 Å². The minimum Gasteiger partial charge on any atom is -0.493 e. The Balaban J connectivity index is 1.33. The molecule has 0 bridgehead atoms. The fourth-order valence-electron chi connectivity index (χ4n) is 3.72. The first-order chi connectivity index (χ1) is 15.0.